The number of benzene rings is 1. The van der Waals surface area contributed by atoms with Crippen LogP contribution in [0, 0.1) is 0 Å². The predicted octanol–water partition coefficient (Wildman–Crippen LogP) is 2.85. The molecule has 114 valence electrons. The molecule has 0 aromatic heterocycles. The summed E-state index contributed by atoms with van der Waals surface area (Å²) >= 11 is 0. The van der Waals surface area contributed by atoms with E-state index in [9.17, 15) is 0 Å². The van der Waals surface area contributed by atoms with Gasteiger partial charge in [-0.05, 0) is 49.0 Å². The third-order valence-electron chi connectivity index (χ3n) is 4.12. The van der Waals surface area contributed by atoms with Gasteiger partial charge in [-0.1, -0.05) is 26.8 Å². The predicted molar refractivity (Wildman–Crippen MR) is 83.8 cm³/mol. The molecule has 3 rings (SSSR count). The summed E-state index contributed by atoms with van der Waals surface area (Å²) in [4.78, 5) is 2.42. The molecular weight excluding hydrogens is 265 g/mol. The van der Waals surface area contributed by atoms with Gasteiger partial charge in [-0.25, -0.2) is 0 Å². The smallest absolute Gasteiger partial charge is 0.498 e. The van der Waals surface area contributed by atoms with Crippen LogP contribution < -0.4 is 9.31 Å². The highest BCUT2D eigenvalue weighted by Gasteiger charge is 2.36. The summed E-state index contributed by atoms with van der Waals surface area (Å²) in [5.74, 6) is 1.56. The van der Waals surface area contributed by atoms with Gasteiger partial charge in [0.2, 0.25) is 0 Å². The number of nitrogens with zero attached hydrogens (tertiary/aromatic N) is 1. The first-order valence-corrected chi connectivity index (χ1v) is 7.84. The molecule has 0 atom stereocenters. The number of hydrogen-bond acceptors (Lipinski definition) is 4. The zero-order valence-electron chi connectivity index (χ0n) is 13.2. The van der Waals surface area contributed by atoms with Crippen molar-refractivity contribution in [2.24, 2.45) is 0 Å². The Hall–Kier alpha value is -1.20. The van der Waals surface area contributed by atoms with Crippen LogP contribution in [0.5, 0.6) is 11.5 Å². The van der Waals surface area contributed by atoms with E-state index in [1.807, 2.05) is 6.07 Å². The number of rotatable bonds is 4. The SMILES string of the molecule is CC(C)(C)c1ccc2c(c1)OB(OCCN1CCCC1)O2. The highest BCUT2D eigenvalue weighted by Crippen LogP contribution is 2.37. The first-order valence-electron chi connectivity index (χ1n) is 7.84. The lowest BCUT2D eigenvalue weighted by atomic mass is 9.87. The van der Waals surface area contributed by atoms with Crippen molar-refractivity contribution >= 4 is 7.32 Å². The highest BCUT2D eigenvalue weighted by atomic mass is 16.8. The molecule has 1 aromatic carbocycles. The normalized spacial score (nSPS) is 18.5. The van der Waals surface area contributed by atoms with Crippen LogP contribution in [0.15, 0.2) is 18.2 Å². The Kier molecular flexibility index (Phi) is 4.13. The quantitative estimate of drug-likeness (QED) is 0.798. The third kappa shape index (κ3) is 3.53. The van der Waals surface area contributed by atoms with Gasteiger partial charge in [-0.3, -0.25) is 0 Å². The van der Waals surface area contributed by atoms with Crippen molar-refractivity contribution in [3.8, 4) is 11.5 Å². The lowest BCUT2D eigenvalue weighted by molar-refractivity contribution is 0.186. The zero-order valence-corrected chi connectivity index (χ0v) is 13.2. The molecule has 2 heterocycles. The van der Waals surface area contributed by atoms with E-state index < -0.39 is 7.32 Å². The summed E-state index contributed by atoms with van der Waals surface area (Å²) in [6.07, 6.45) is 2.61. The van der Waals surface area contributed by atoms with Crippen molar-refractivity contribution < 1.29 is 14.0 Å². The number of likely N-dealkylation sites (tertiary alicyclic amines) is 1. The van der Waals surface area contributed by atoms with E-state index in [0.29, 0.717) is 6.61 Å². The molecule has 0 saturated carbocycles. The standard InChI is InChI=1S/C16H24BNO3/c1-16(2,3)13-6-7-14-15(12-13)21-17(20-14)19-11-10-18-8-4-5-9-18/h6-7,12H,4-5,8-11H2,1-3H3. The van der Waals surface area contributed by atoms with E-state index in [0.717, 1.165) is 18.0 Å². The van der Waals surface area contributed by atoms with Crippen LogP contribution in [0.4, 0.5) is 0 Å². The Morgan fingerprint density at radius 1 is 1.14 bits per heavy atom. The minimum Gasteiger partial charge on any atom is -0.498 e. The van der Waals surface area contributed by atoms with Crippen LogP contribution in [0.25, 0.3) is 0 Å². The van der Waals surface area contributed by atoms with E-state index in [4.69, 9.17) is 14.0 Å². The molecule has 21 heavy (non-hydrogen) atoms. The molecule has 0 spiro atoms. The second-order valence-corrected chi connectivity index (χ2v) is 6.86. The molecule has 0 bridgehead atoms. The molecule has 2 aliphatic heterocycles. The summed E-state index contributed by atoms with van der Waals surface area (Å²) in [6, 6.07) is 6.12. The fourth-order valence-electron chi connectivity index (χ4n) is 2.75. The molecular formula is C16H24BNO3. The second-order valence-electron chi connectivity index (χ2n) is 6.86. The minimum absolute atomic E-state index is 0.104. The van der Waals surface area contributed by atoms with Gasteiger partial charge >= 0.3 is 7.32 Å². The molecule has 0 amide bonds. The zero-order chi connectivity index (χ0) is 14.9. The maximum atomic E-state index is 5.74. The van der Waals surface area contributed by atoms with E-state index >= 15 is 0 Å². The molecule has 4 nitrogen and oxygen atoms in total. The summed E-state index contributed by atoms with van der Waals surface area (Å²) in [5.41, 5.74) is 1.34. The molecule has 1 fully saturated rings. The van der Waals surface area contributed by atoms with Crippen molar-refractivity contribution in [3.63, 3.8) is 0 Å². The maximum absolute atomic E-state index is 5.74. The van der Waals surface area contributed by atoms with Gasteiger partial charge in [0.05, 0.1) is 0 Å². The lowest BCUT2D eigenvalue weighted by Crippen LogP contribution is -2.33. The van der Waals surface area contributed by atoms with Crippen LogP contribution in [0.2, 0.25) is 0 Å². The number of fused-ring (bicyclic) bond motifs is 1. The van der Waals surface area contributed by atoms with Crippen LogP contribution in [-0.2, 0) is 10.1 Å². The van der Waals surface area contributed by atoms with Crippen molar-refractivity contribution in [2.45, 2.75) is 39.0 Å². The largest absolute Gasteiger partial charge is 0.788 e. The van der Waals surface area contributed by atoms with Gasteiger partial charge in [0.1, 0.15) is 11.5 Å². The molecule has 1 saturated heterocycles. The van der Waals surface area contributed by atoms with E-state index in [1.165, 1.54) is 31.5 Å². The highest BCUT2D eigenvalue weighted by molar-refractivity contribution is 6.40. The summed E-state index contributed by atoms with van der Waals surface area (Å²) in [6.45, 7) is 10.5. The van der Waals surface area contributed by atoms with Gasteiger partial charge in [0.15, 0.2) is 0 Å². The molecule has 5 heteroatoms. The Bertz CT molecular complexity index is 495. The van der Waals surface area contributed by atoms with Crippen LogP contribution in [0.3, 0.4) is 0 Å². The van der Waals surface area contributed by atoms with Crippen LogP contribution in [-0.4, -0.2) is 38.5 Å². The fraction of sp³-hybridized carbons (Fsp3) is 0.625. The topological polar surface area (TPSA) is 30.9 Å². The van der Waals surface area contributed by atoms with Gasteiger partial charge in [0.25, 0.3) is 0 Å². The van der Waals surface area contributed by atoms with E-state index in [-0.39, 0.29) is 5.41 Å². The Morgan fingerprint density at radius 3 is 2.57 bits per heavy atom. The average Bonchev–Trinajstić information content (AvgIpc) is 3.05. The lowest BCUT2D eigenvalue weighted by Gasteiger charge is -2.19. The van der Waals surface area contributed by atoms with Crippen molar-refractivity contribution in [1.82, 2.24) is 4.90 Å². The monoisotopic (exact) mass is 289 g/mol. The molecule has 1 aromatic rings. The van der Waals surface area contributed by atoms with E-state index in [2.05, 4.69) is 37.8 Å². The second kappa shape index (κ2) is 5.89. The summed E-state index contributed by atoms with van der Waals surface area (Å²) < 4.78 is 17.1. The molecule has 0 N–H and O–H groups in total. The minimum atomic E-state index is -0.599. The van der Waals surface area contributed by atoms with Gasteiger partial charge < -0.3 is 18.9 Å². The summed E-state index contributed by atoms with van der Waals surface area (Å²) in [5, 5.41) is 0. The number of hydrogen-bond donors (Lipinski definition) is 0. The van der Waals surface area contributed by atoms with Crippen molar-refractivity contribution in [1.29, 1.82) is 0 Å². The van der Waals surface area contributed by atoms with Gasteiger partial charge in [0, 0.05) is 13.2 Å². The first-order chi connectivity index (χ1) is 10.0. The Morgan fingerprint density at radius 2 is 1.86 bits per heavy atom. The fourth-order valence-corrected chi connectivity index (χ4v) is 2.75. The third-order valence-corrected chi connectivity index (χ3v) is 4.12. The van der Waals surface area contributed by atoms with Crippen molar-refractivity contribution in [2.75, 3.05) is 26.2 Å². The van der Waals surface area contributed by atoms with Crippen LogP contribution >= 0.6 is 0 Å². The first kappa shape index (κ1) is 14.7. The molecule has 0 radical (unpaired) electrons. The molecule has 0 aliphatic carbocycles. The summed E-state index contributed by atoms with van der Waals surface area (Å²) in [7, 11) is -0.599. The Balaban J connectivity index is 1.52. The average molecular weight is 289 g/mol. The van der Waals surface area contributed by atoms with Gasteiger partial charge in [-0.15, -0.1) is 0 Å². The van der Waals surface area contributed by atoms with Gasteiger partial charge in [-0.2, -0.15) is 0 Å². The molecule has 0 unspecified atom stereocenters. The van der Waals surface area contributed by atoms with Crippen molar-refractivity contribution in [3.05, 3.63) is 23.8 Å². The maximum Gasteiger partial charge on any atom is 0.788 e. The Labute approximate surface area is 127 Å². The van der Waals surface area contributed by atoms with Crippen LogP contribution in [0.1, 0.15) is 39.2 Å². The molecule has 2 aliphatic rings. The van der Waals surface area contributed by atoms with E-state index in [1.54, 1.807) is 0 Å².